The molecule has 186 valence electrons. The Morgan fingerprint density at radius 1 is 0.861 bits per heavy atom. The first-order valence-corrected chi connectivity index (χ1v) is 13.4. The number of allylic oxidation sites excluding steroid dienone is 1. The molecule has 1 N–H and O–H groups in total. The number of anilines is 2. The second kappa shape index (κ2) is 10.8. The van der Waals surface area contributed by atoms with E-state index in [1.165, 1.54) is 23.2 Å². The summed E-state index contributed by atoms with van der Waals surface area (Å²) in [6, 6.07) is 23.5. The summed E-state index contributed by atoms with van der Waals surface area (Å²) in [5.41, 5.74) is 6.47. The number of benzene rings is 3. The van der Waals surface area contributed by atoms with E-state index < -0.39 is 5.60 Å². The molecule has 0 saturated heterocycles. The first kappa shape index (κ1) is 24.4. The Balaban J connectivity index is 1.32. The molecule has 0 aromatic heterocycles. The zero-order valence-electron chi connectivity index (χ0n) is 21.5. The minimum absolute atomic E-state index is 0.169. The maximum absolute atomic E-state index is 11.0. The molecule has 3 aromatic rings. The van der Waals surface area contributed by atoms with Crippen LogP contribution in [0.1, 0.15) is 74.6 Å². The Morgan fingerprint density at radius 2 is 1.56 bits per heavy atom. The molecule has 0 spiro atoms. The van der Waals surface area contributed by atoms with Crippen LogP contribution in [0.25, 0.3) is 12.2 Å². The smallest absolute Gasteiger partial charge is 0.119 e. The van der Waals surface area contributed by atoms with Gasteiger partial charge in [-0.3, -0.25) is 0 Å². The van der Waals surface area contributed by atoms with Gasteiger partial charge in [-0.2, -0.15) is 0 Å². The van der Waals surface area contributed by atoms with Crippen LogP contribution in [0.3, 0.4) is 0 Å². The summed E-state index contributed by atoms with van der Waals surface area (Å²) in [6.45, 7) is 4.09. The van der Waals surface area contributed by atoms with Gasteiger partial charge in [-0.1, -0.05) is 67.8 Å². The topological polar surface area (TPSA) is 32.7 Å². The van der Waals surface area contributed by atoms with Gasteiger partial charge < -0.3 is 14.7 Å². The van der Waals surface area contributed by atoms with Gasteiger partial charge in [0.1, 0.15) is 5.75 Å². The van der Waals surface area contributed by atoms with E-state index in [2.05, 4.69) is 83.9 Å². The summed E-state index contributed by atoms with van der Waals surface area (Å²) in [4.78, 5) is 2.27. The SMILES string of the molecule is CC(C)Oc1ccc(N2C=CCCc3cc(/C=C\c4ccc(C5(O)CCCCC5)cc4)ccc32)cc1. The van der Waals surface area contributed by atoms with E-state index in [1.807, 2.05) is 26.0 Å². The largest absolute Gasteiger partial charge is 0.491 e. The standard InChI is InChI=1S/C33H37NO2/c1-25(2)36-31-18-16-30(17-19-31)34-23-7-4-8-28-24-27(13-20-32(28)34)10-9-26-11-14-29(15-12-26)33(35)21-5-3-6-22-33/h7,9-20,23-25,35H,3-6,8,21-22H2,1-2H3/b10-9-. The van der Waals surface area contributed by atoms with E-state index in [9.17, 15) is 5.11 Å². The second-order valence-corrected chi connectivity index (χ2v) is 10.4. The molecular weight excluding hydrogens is 442 g/mol. The molecule has 36 heavy (non-hydrogen) atoms. The van der Waals surface area contributed by atoms with Gasteiger partial charge in [0.25, 0.3) is 0 Å². The third kappa shape index (κ3) is 5.57. The monoisotopic (exact) mass is 479 g/mol. The maximum Gasteiger partial charge on any atom is 0.119 e. The highest BCUT2D eigenvalue weighted by Gasteiger charge is 2.30. The van der Waals surface area contributed by atoms with Gasteiger partial charge in [-0.15, -0.1) is 0 Å². The van der Waals surface area contributed by atoms with Crippen LogP contribution in [-0.2, 0) is 12.0 Å². The van der Waals surface area contributed by atoms with Gasteiger partial charge in [0.2, 0.25) is 0 Å². The predicted octanol–water partition coefficient (Wildman–Crippen LogP) is 8.39. The van der Waals surface area contributed by atoms with Gasteiger partial charge in [0, 0.05) is 17.6 Å². The van der Waals surface area contributed by atoms with E-state index in [4.69, 9.17) is 4.74 Å². The Bertz CT molecular complexity index is 1220. The van der Waals surface area contributed by atoms with E-state index in [0.29, 0.717) is 0 Å². The van der Waals surface area contributed by atoms with Gasteiger partial charge in [-0.05, 0) is 98.2 Å². The lowest BCUT2D eigenvalue weighted by atomic mass is 9.79. The van der Waals surface area contributed by atoms with Crippen molar-refractivity contribution in [2.75, 3.05) is 4.90 Å². The van der Waals surface area contributed by atoms with E-state index in [-0.39, 0.29) is 6.10 Å². The normalized spacial score (nSPS) is 17.3. The summed E-state index contributed by atoms with van der Waals surface area (Å²) >= 11 is 0. The van der Waals surface area contributed by atoms with Crippen molar-refractivity contribution in [2.24, 2.45) is 0 Å². The third-order valence-corrected chi connectivity index (χ3v) is 7.28. The average molecular weight is 480 g/mol. The van der Waals surface area contributed by atoms with Crippen LogP contribution in [-0.4, -0.2) is 11.2 Å². The number of hydrogen-bond donors (Lipinski definition) is 1. The van der Waals surface area contributed by atoms with E-state index in [0.717, 1.165) is 61.1 Å². The number of rotatable bonds is 6. The fourth-order valence-electron chi connectivity index (χ4n) is 5.35. The summed E-state index contributed by atoms with van der Waals surface area (Å²) < 4.78 is 5.82. The summed E-state index contributed by atoms with van der Waals surface area (Å²) in [6.07, 6.45) is 16.2. The highest BCUT2D eigenvalue weighted by atomic mass is 16.5. The van der Waals surface area contributed by atoms with Gasteiger partial charge in [-0.25, -0.2) is 0 Å². The number of fused-ring (bicyclic) bond motifs is 1. The molecule has 0 bridgehead atoms. The minimum atomic E-state index is -0.640. The van der Waals surface area contributed by atoms with Crippen LogP contribution >= 0.6 is 0 Å². The molecule has 3 nitrogen and oxygen atoms in total. The first-order chi connectivity index (χ1) is 17.5. The molecule has 0 unspecified atom stereocenters. The van der Waals surface area contributed by atoms with Crippen LogP contribution in [0.2, 0.25) is 0 Å². The molecule has 2 aliphatic rings. The maximum atomic E-state index is 11.0. The Hall–Kier alpha value is -3.30. The van der Waals surface area contributed by atoms with Crippen LogP contribution in [0.4, 0.5) is 11.4 Å². The number of aliphatic hydroxyl groups is 1. The molecule has 3 aromatic carbocycles. The molecule has 1 fully saturated rings. The zero-order chi connectivity index (χ0) is 25.0. The molecule has 3 heteroatoms. The van der Waals surface area contributed by atoms with Crippen molar-refractivity contribution >= 4 is 23.5 Å². The fourth-order valence-corrected chi connectivity index (χ4v) is 5.35. The fraction of sp³-hybridized carbons (Fsp3) is 0.333. The summed E-state index contributed by atoms with van der Waals surface area (Å²) in [5, 5.41) is 11.0. The molecule has 0 amide bonds. The van der Waals surface area contributed by atoms with Gasteiger partial charge >= 0.3 is 0 Å². The number of nitrogens with zero attached hydrogens (tertiary/aromatic N) is 1. The van der Waals surface area contributed by atoms with Crippen molar-refractivity contribution in [1.82, 2.24) is 0 Å². The molecule has 5 rings (SSSR count). The third-order valence-electron chi connectivity index (χ3n) is 7.28. The van der Waals surface area contributed by atoms with E-state index in [1.54, 1.807) is 0 Å². The molecular formula is C33H37NO2. The van der Waals surface area contributed by atoms with Crippen LogP contribution < -0.4 is 9.64 Å². The van der Waals surface area contributed by atoms with Crippen molar-refractivity contribution in [2.45, 2.75) is 70.5 Å². The van der Waals surface area contributed by atoms with Crippen molar-refractivity contribution in [3.8, 4) is 5.75 Å². The van der Waals surface area contributed by atoms with Crippen LogP contribution in [0.15, 0.2) is 79.0 Å². The number of ether oxygens (including phenoxy) is 1. The Kier molecular flexibility index (Phi) is 7.29. The van der Waals surface area contributed by atoms with Crippen molar-refractivity contribution in [3.05, 3.63) is 101 Å². The lowest BCUT2D eigenvalue weighted by Crippen LogP contribution is -2.28. The highest BCUT2D eigenvalue weighted by Crippen LogP contribution is 2.37. The summed E-state index contributed by atoms with van der Waals surface area (Å²) in [7, 11) is 0. The van der Waals surface area contributed by atoms with Crippen LogP contribution in [0.5, 0.6) is 5.75 Å². The lowest BCUT2D eigenvalue weighted by molar-refractivity contribution is -0.000626. The summed E-state index contributed by atoms with van der Waals surface area (Å²) in [5.74, 6) is 0.897. The van der Waals surface area contributed by atoms with E-state index >= 15 is 0 Å². The minimum Gasteiger partial charge on any atom is -0.491 e. The quantitative estimate of drug-likeness (QED) is 0.360. The molecule has 1 saturated carbocycles. The van der Waals surface area contributed by atoms with Crippen molar-refractivity contribution < 1.29 is 9.84 Å². The van der Waals surface area contributed by atoms with Crippen LogP contribution in [0, 0.1) is 0 Å². The number of aryl methyl sites for hydroxylation is 1. The van der Waals surface area contributed by atoms with Gasteiger partial charge in [0.05, 0.1) is 11.7 Å². The Labute approximate surface area is 215 Å². The predicted molar refractivity (Wildman–Crippen MR) is 151 cm³/mol. The first-order valence-electron chi connectivity index (χ1n) is 13.4. The van der Waals surface area contributed by atoms with Crippen molar-refractivity contribution in [3.63, 3.8) is 0 Å². The second-order valence-electron chi connectivity index (χ2n) is 10.4. The number of hydrogen-bond acceptors (Lipinski definition) is 3. The molecule has 0 atom stereocenters. The zero-order valence-corrected chi connectivity index (χ0v) is 21.5. The molecule has 1 aliphatic heterocycles. The lowest BCUT2D eigenvalue weighted by Gasteiger charge is -2.32. The average Bonchev–Trinajstić information content (AvgIpc) is 3.10. The molecule has 1 aliphatic carbocycles. The molecule has 0 radical (unpaired) electrons. The molecule has 1 heterocycles. The Morgan fingerprint density at radius 3 is 2.28 bits per heavy atom. The van der Waals surface area contributed by atoms with Crippen molar-refractivity contribution in [1.29, 1.82) is 0 Å². The highest BCUT2D eigenvalue weighted by molar-refractivity contribution is 5.75. The van der Waals surface area contributed by atoms with Gasteiger partial charge in [0.15, 0.2) is 0 Å².